The Balaban J connectivity index is 1.17. The number of fused-ring (bicyclic) bond motifs is 10. The highest BCUT2D eigenvalue weighted by molar-refractivity contribution is 6.22. The third-order valence-corrected chi connectivity index (χ3v) is 9.86. The zero-order valence-corrected chi connectivity index (χ0v) is 27.1. The standard InChI is InChI=1S/C45H26N4O2/c1-3-12-27(13-4-1)43-46-44(28-22-23-32-31-17-8-10-21-38(31)50-39(32)26-28)48-45(47-43)36-19-11-18-34-35-25-24-33-30-16-7-9-20-37(30)49(29-14-5-2-6-15-29)40(33)42(35)51-41(34)36/h1-26H. The Morgan fingerprint density at radius 3 is 1.88 bits per heavy atom. The number of aromatic nitrogens is 4. The van der Waals surface area contributed by atoms with Crippen molar-refractivity contribution in [2.24, 2.45) is 0 Å². The molecule has 0 amide bonds. The van der Waals surface area contributed by atoms with Crippen LogP contribution in [0.4, 0.5) is 0 Å². The van der Waals surface area contributed by atoms with Crippen LogP contribution in [0.2, 0.25) is 0 Å². The lowest BCUT2D eigenvalue weighted by Gasteiger charge is -2.09. The van der Waals surface area contributed by atoms with E-state index in [1.807, 2.05) is 66.7 Å². The van der Waals surface area contributed by atoms with Crippen molar-refractivity contribution in [2.75, 3.05) is 0 Å². The maximum absolute atomic E-state index is 6.99. The van der Waals surface area contributed by atoms with Gasteiger partial charge in [-0.05, 0) is 48.5 Å². The van der Waals surface area contributed by atoms with Gasteiger partial charge in [0.15, 0.2) is 23.1 Å². The number of hydrogen-bond donors (Lipinski definition) is 0. The van der Waals surface area contributed by atoms with E-state index in [0.29, 0.717) is 17.5 Å². The minimum atomic E-state index is 0.535. The van der Waals surface area contributed by atoms with Crippen molar-refractivity contribution >= 4 is 65.7 Å². The van der Waals surface area contributed by atoms with Crippen LogP contribution in [0.3, 0.4) is 0 Å². The quantitative estimate of drug-likeness (QED) is 0.189. The fourth-order valence-electron chi connectivity index (χ4n) is 7.53. The van der Waals surface area contributed by atoms with E-state index < -0.39 is 0 Å². The predicted octanol–water partition coefficient (Wildman–Crippen LogP) is 11.8. The summed E-state index contributed by atoms with van der Waals surface area (Å²) >= 11 is 0. The minimum Gasteiger partial charge on any atom is -0.456 e. The first-order chi connectivity index (χ1) is 25.3. The minimum absolute atomic E-state index is 0.535. The van der Waals surface area contributed by atoms with Crippen molar-refractivity contribution in [2.45, 2.75) is 0 Å². The Morgan fingerprint density at radius 2 is 1.02 bits per heavy atom. The summed E-state index contributed by atoms with van der Waals surface area (Å²) in [6.45, 7) is 0. The summed E-state index contributed by atoms with van der Waals surface area (Å²) in [6.07, 6.45) is 0. The molecule has 0 saturated carbocycles. The second kappa shape index (κ2) is 10.7. The number of hydrogen-bond acceptors (Lipinski definition) is 5. The van der Waals surface area contributed by atoms with E-state index in [9.17, 15) is 0 Å². The number of para-hydroxylation sites is 4. The van der Waals surface area contributed by atoms with Gasteiger partial charge in [-0.25, -0.2) is 15.0 Å². The molecule has 0 saturated heterocycles. The highest BCUT2D eigenvalue weighted by Crippen LogP contribution is 2.42. The summed E-state index contributed by atoms with van der Waals surface area (Å²) in [4.78, 5) is 15.2. The summed E-state index contributed by atoms with van der Waals surface area (Å²) in [7, 11) is 0. The molecule has 0 aliphatic heterocycles. The fourth-order valence-corrected chi connectivity index (χ4v) is 7.53. The van der Waals surface area contributed by atoms with Crippen molar-refractivity contribution in [1.82, 2.24) is 19.5 Å². The highest BCUT2D eigenvalue weighted by atomic mass is 16.3. The van der Waals surface area contributed by atoms with Gasteiger partial charge in [0.05, 0.1) is 16.6 Å². The number of furan rings is 2. The SMILES string of the molecule is c1ccc(-c2nc(-c3ccc4c(c3)oc3ccccc34)nc(-c3cccc4c3oc3c4ccc4c5ccccc5n(-c5ccccc5)c43)n2)cc1. The maximum Gasteiger partial charge on any atom is 0.167 e. The molecule has 51 heavy (non-hydrogen) atoms. The molecule has 0 aliphatic carbocycles. The Kier molecular flexibility index (Phi) is 5.86. The average molecular weight is 655 g/mol. The van der Waals surface area contributed by atoms with E-state index in [4.69, 9.17) is 23.8 Å². The lowest BCUT2D eigenvalue weighted by molar-refractivity contribution is 0.669. The van der Waals surface area contributed by atoms with Crippen molar-refractivity contribution in [3.8, 4) is 39.9 Å². The molecule has 4 heterocycles. The van der Waals surface area contributed by atoms with Gasteiger partial charge in [0, 0.05) is 49.1 Å². The van der Waals surface area contributed by atoms with Gasteiger partial charge in [-0.2, -0.15) is 0 Å². The van der Waals surface area contributed by atoms with Gasteiger partial charge in [-0.3, -0.25) is 0 Å². The van der Waals surface area contributed by atoms with Crippen LogP contribution in [0.1, 0.15) is 0 Å². The first-order valence-corrected chi connectivity index (χ1v) is 16.9. The summed E-state index contributed by atoms with van der Waals surface area (Å²) in [5.41, 5.74) is 8.96. The Bertz CT molecular complexity index is 3140. The molecule has 7 aromatic carbocycles. The average Bonchev–Trinajstić information content (AvgIpc) is 3.88. The molecule has 6 nitrogen and oxygen atoms in total. The topological polar surface area (TPSA) is 69.9 Å². The van der Waals surface area contributed by atoms with Gasteiger partial charge in [0.1, 0.15) is 16.7 Å². The molecule has 238 valence electrons. The fraction of sp³-hybridized carbons (Fsp3) is 0. The van der Waals surface area contributed by atoms with Crippen LogP contribution >= 0.6 is 0 Å². The molecule has 0 fully saturated rings. The summed E-state index contributed by atoms with van der Waals surface area (Å²) in [5.74, 6) is 1.67. The monoisotopic (exact) mass is 654 g/mol. The molecule has 6 heteroatoms. The normalized spacial score (nSPS) is 11.9. The molecule has 0 spiro atoms. The van der Waals surface area contributed by atoms with Crippen LogP contribution < -0.4 is 0 Å². The molecular formula is C45H26N4O2. The van der Waals surface area contributed by atoms with E-state index in [-0.39, 0.29) is 0 Å². The lowest BCUT2D eigenvalue weighted by atomic mass is 10.1. The molecular weight excluding hydrogens is 629 g/mol. The van der Waals surface area contributed by atoms with Crippen molar-refractivity contribution in [1.29, 1.82) is 0 Å². The zero-order chi connectivity index (χ0) is 33.5. The Hall–Kier alpha value is -7.05. The molecule has 0 radical (unpaired) electrons. The van der Waals surface area contributed by atoms with Crippen LogP contribution in [0.5, 0.6) is 0 Å². The van der Waals surface area contributed by atoms with E-state index in [2.05, 4.69) is 95.6 Å². The van der Waals surface area contributed by atoms with E-state index >= 15 is 0 Å². The van der Waals surface area contributed by atoms with Gasteiger partial charge in [0.25, 0.3) is 0 Å². The Morgan fingerprint density at radius 1 is 0.392 bits per heavy atom. The van der Waals surface area contributed by atoms with Crippen LogP contribution in [0.15, 0.2) is 167 Å². The largest absolute Gasteiger partial charge is 0.456 e. The lowest BCUT2D eigenvalue weighted by Crippen LogP contribution is -2.00. The van der Waals surface area contributed by atoms with Crippen molar-refractivity contribution < 1.29 is 8.83 Å². The molecule has 0 unspecified atom stereocenters. The van der Waals surface area contributed by atoms with Crippen molar-refractivity contribution in [3.05, 3.63) is 158 Å². The number of rotatable bonds is 4. The molecule has 11 rings (SSSR count). The highest BCUT2D eigenvalue weighted by Gasteiger charge is 2.22. The molecule has 0 aliphatic rings. The second-order valence-corrected chi connectivity index (χ2v) is 12.8. The van der Waals surface area contributed by atoms with Gasteiger partial charge >= 0.3 is 0 Å². The molecule has 0 N–H and O–H groups in total. The third kappa shape index (κ3) is 4.20. The predicted molar refractivity (Wildman–Crippen MR) is 205 cm³/mol. The summed E-state index contributed by atoms with van der Waals surface area (Å²) in [6, 6.07) is 53.8. The maximum atomic E-state index is 6.99. The third-order valence-electron chi connectivity index (χ3n) is 9.86. The van der Waals surface area contributed by atoms with Crippen LogP contribution in [0, 0.1) is 0 Å². The Labute approximate surface area is 290 Å². The summed E-state index contributed by atoms with van der Waals surface area (Å²) in [5, 5.41) is 6.48. The van der Waals surface area contributed by atoms with Gasteiger partial charge in [-0.15, -0.1) is 0 Å². The molecule has 0 bridgehead atoms. The molecule has 0 atom stereocenters. The van der Waals surface area contributed by atoms with Crippen LogP contribution in [-0.4, -0.2) is 19.5 Å². The van der Waals surface area contributed by atoms with Gasteiger partial charge in [-0.1, -0.05) is 109 Å². The first-order valence-electron chi connectivity index (χ1n) is 16.9. The van der Waals surface area contributed by atoms with Crippen molar-refractivity contribution in [3.63, 3.8) is 0 Å². The second-order valence-electron chi connectivity index (χ2n) is 12.8. The van der Waals surface area contributed by atoms with Gasteiger partial charge < -0.3 is 13.4 Å². The van der Waals surface area contributed by atoms with Crippen LogP contribution in [-0.2, 0) is 0 Å². The summed E-state index contributed by atoms with van der Waals surface area (Å²) < 4.78 is 15.5. The number of benzene rings is 7. The van der Waals surface area contributed by atoms with Gasteiger partial charge in [0.2, 0.25) is 0 Å². The van der Waals surface area contributed by atoms with E-state index in [1.165, 1.54) is 5.39 Å². The number of nitrogens with zero attached hydrogens (tertiary/aromatic N) is 4. The zero-order valence-electron chi connectivity index (χ0n) is 27.1. The smallest absolute Gasteiger partial charge is 0.167 e. The van der Waals surface area contributed by atoms with E-state index in [0.717, 1.165) is 82.7 Å². The first kappa shape index (κ1) is 27.9. The van der Waals surface area contributed by atoms with E-state index in [1.54, 1.807) is 0 Å². The molecule has 4 aromatic heterocycles. The molecule has 11 aromatic rings. The van der Waals surface area contributed by atoms with Crippen LogP contribution in [0.25, 0.3) is 106 Å².